The van der Waals surface area contributed by atoms with Crippen molar-refractivity contribution in [2.45, 2.75) is 13.0 Å². The Morgan fingerprint density at radius 2 is 2.29 bits per heavy atom. The maximum atomic E-state index is 5.90. The number of hydrogen-bond acceptors (Lipinski definition) is 5. The molecule has 2 rings (SSSR count). The molecule has 7 heteroatoms. The highest BCUT2D eigenvalue weighted by Gasteiger charge is 2.13. The topological polar surface area (TPSA) is 75.7 Å². The lowest BCUT2D eigenvalue weighted by Crippen LogP contribution is -2.09. The molecule has 0 radical (unpaired) electrons. The highest BCUT2D eigenvalue weighted by Crippen LogP contribution is 2.30. The lowest BCUT2D eigenvalue weighted by molar-refractivity contribution is 0.412. The molecule has 2 heterocycles. The molecule has 0 aliphatic heterocycles. The van der Waals surface area contributed by atoms with Crippen molar-refractivity contribution in [3.8, 4) is 5.75 Å². The van der Waals surface area contributed by atoms with Crippen LogP contribution in [0.2, 0.25) is 5.15 Å². The number of nitrogens with zero attached hydrogens (tertiary/aromatic N) is 3. The number of rotatable bonds is 4. The van der Waals surface area contributed by atoms with Crippen molar-refractivity contribution in [3.63, 3.8) is 0 Å². The summed E-state index contributed by atoms with van der Waals surface area (Å²) in [6.07, 6.45) is 4.94. The third kappa shape index (κ3) is 2.47. The molecule has 0 saturated heterocycles. The van der Waals surface area contributed by atoms with Gasteiger partial charge in [0.05, 0.1) is 19.3 Å². The lowest BCUT2D eigenvalue weighted by atomic mass is 10.2. The SMILES string of the molecule is COc1c(Cl)ncnc1NC(C)c1cn[nH]c1. The zero-order chi connectivity index (χ0) is 12.3. The molecule has 0 aliphatic rings. The first kappa shape index (κ1) is 11.7. The predicted molar refractivity (Wildman–Crippen MR) is 64.2 cm³/mol. The molecule has 0 aliphatic carbocycles. The van der Waals surface area contributed by atoms with Gasteiger partial charge in [0.2, 0.25) is 0 Å². The number of methoxy groups -OCH3 is 1. The third-order valence-electron chi connectivity index (χ3n) is 2.34. The summed E-state index contributed by atoms with van der Waals surface area (Å²) < 4.78 is 5.15. The van der Waals surface area contributed by atoms with E-state index in [2.05, 4.69) is 25.5 Å². The molecule has 0 bridgehead atoms. The van der Waals surface area contributed by atoms with E-state index in [1.54, 1.807) is 6.20 Å². The summed E-state index contributed by atoms with van der Waals surface area (Å²) in [5, 5.41) is 10.1. The van der Waals surface area contributed by atoms with Gasteiger partial charge in [-0.25, -0.2) is 9.97 Å². The van der Waals surface area contributed by atoms with Crippen LogP contribution >= 0.6 is 11.6 Å². The van der Waals surface area contributed by atoms with Crippen LogP contribution in [-0.2, 0) is 0 Å². The molecule has 90 valence electrons. The second-order valence-corrected chi connectivity index (χ2v) is 3.80. The van der Waals surface area contributed by atoms with Crippen LogP contribution in [0.25, 0.3) is 0 Å². The number of aromatic nitrogens is 4. The summed E-state index contributed by atoms with van der Waals surface area (Å²) in [4.78, 5) is 7.95. The number of hydrogen-bond donors (Lipinski definition) is 2. The first-order valence-electron chi connectivity index (χ1n) is 5.02. The Morgan fingerprint density at radius 1 is 1.47 bits per heavy atom. The highest BCUT2D eigenvalue weighted by atomic mass is 35.5. The summed E-state index contributed by atoms with van der Waals surface area (Å²) >= 11 is 5.90. The van der Waals surface area contributed by atoms with Gasteiger partial charge in [-0.15, -0.1) is 0 Å². The molecule has 0 fully saturated rings. The largest absolute Gasteiger partial charge is 0.490 e. The van der Waals surface area contributed by atoms with E-state index >= 15 is 0 Å². The minimum atomic E-state index is 0.0358. The number of nitrogens with one attached hydrogen (secondary N) is 2. The second-order valence-electron chi connectivity index (χ2n) is 3.44. The molecule has 1 unspecified atom stereocenters. The number of aromatic amines is 1. The van der Waals surface area contributed by atoms with Gasteiger partial charge in [-0.3, -0.25) is 5.10 Å². The van der Waals surface area contributed by atoms with Crippen molar-refractivity contribution < 1.29 is 4.74 Å². The van der Waals surface area contributed by atoms with Crippen LogP contribution in [0.15, 0.2) is 18.7 Å². The van der Waals surface area contributed by atoms with E-state index in [0.717, 1.165) is 5.56 Å². The van der Waals surface area contributed by atoms with Gasteiger partial charge >= 0.3 is 0 Å². The van der Waals surface area contributed by atoms with E-state index in [1.165, 1.54) is 13.4 Å². The van der Waals surface area contributed by atoms with E-state index < -0.39 is 0 Å². The Hall–Kier alpha value is -1.82. The predicted octanol–water partition coefficient (Wildman–Crippen LogP) is 2.03. The molecule has 2 aromatic heterocycles. The van der Waals surface area contributed by atoms with Crippen LogP contribution in [0.4, 0.5) is 5.82 Å². The Bertz CT molecular complexity index is 487. The normalized spacial score (nSPS) is 12.2. The van der Waals surface area contributed by atoms with Crippen LogP contribution < -0.4 is 10.1 Å². The highest BCUT2D eigenvalue weighted by molar-refractivity contribution is 6.31. The molecule has 1 atom stereocenters. The standard InChI is InChI=1S/C10H12ClN5O/c1-6(7-3-14-15-4-7)16-10-8(17-2)9(11)12-5-13-10/h3-6H,1-2H3,(H,14,15)(H,12,13,16). The Morgan fingerprint density at radius 3 is 2.94 bits per heavy atom. The Labute approximate surface area is 103 Å². The quantitative estimate of drug-likeness (QED) is 0.816. The van der Waals surface area contributed by atoms with Crippen molar-refractivity contribution in [1.82, 2.24) is 20.2 Å². The van der Waals surface area contributed by atoms with E-state index in [1.807, 2.05) is 13.1 Å². The maximum Gasteiger partial charge on any atom is 0.198 e. The van der Waals surface area contributed by atoms with Crippen LogP contribution in [0, 0.1) is 0 Å². The van der Waals surface area contributed by atoms with Crippen molar-refractivity contribution in [1.29, 1.82) is 0 Å². The van der Waals surface area contributed by atoms with Gasteiger partial charge in [0, 0.05) is 11.8 Å². The number of ether oxygens (including phenoxy) is 1. The lowest BCUT2D eigenvalue weighted by Gasteiger charge is -2.15. The summed E-state index contributed by atoms with van der Waals surface area (Å²) in [6, 6.07) is 0.0358. The van der Waals surface area contributed by atoms with Gasteiger partial charge in [0.25, 0.3) is 0 Å². The van der Waals surface area contributed by atoms with Crippen molar-refractivity contribution in [2.24, 2.45) is 0 Å². The fraction of sp³-hybridized carbons (Fsp3) is 0.300. The van der Waals surface area contributed by atoms with Crippen molar-refractivity contribution >= 4 is 17.4 Å². The average Bonchev–Trinajstić information content (AvgIpc) is 2.82. The van der Waals surface area contributed by atoms with E-state index in [4.69, 9.17) is 16.3 Å². The van der Waals surface area contributed by atoms with E-state index in [9.17, 15) is 0 Å². The minimum Gasteiger partial charge on any atom is -0.490 e. The van der Waals surface area contributed by atoms with Gasteiger partial charge in [-0.1, -0.05) is 11.6 Å². The first-order chi connectivity index (χ1) is 8.22. The maximum absolute atomic E-state index is 5.90. The molecule has 2 N–H and O–H groups in total. The van der Waals surface area contributed by atoms with Gasteiger partial charge in [0.15, 0.2) is 16.7 Å². The van der Waals surface area contributed by atoms with Crippen LogP contribution in [0.1, 0.15) is 18.5 Å². The monoisotopic (exact) mass is 253 g/mol. The van der Waals surface area contributed by atoms with Gasteiger partial charge in [0.1, 0.15) is 6.33 Å². The number of halogens is 1. The van der Waals surface area contributed by atoms with Gasteiger partial charge in [-0.05, 0) is 6.92 Å². The molecule has 0 amide bonds. The second kappa shape index (κ2) is 5.01. The molecule has 6 nitrogen and oxygen atoms in total. The molecule has 0 saturated carbocycles. The average molecular weight is 254 g/mol. The summed E-state index contributed by atoms with van der Waals surface area (Å²) in [7, 11) is 1.53. The van der Waals surface area contributed by atoms with E-state index in [-0.39, 0.29) is 11.2 Å². The van der Waals surface area contributed by atoms with Crippen LogP contribution in [0.3, 0.4) is 0 Å². The zero-order valence-electron chi connectivity index (χ0n) is 9.44. The Kier molecular flexibility index (Phi) is 3.43. The molecule has 0 aromatic carbocycles. The minimum absolute atomic E-state index is 0.0358. The molecular weight excluding hydrogens is 242 g/mol. The van der Waals surface area contributed by atoms with Crippen LogP contribution in [0.5, 0.6) is 5.75 Å². The Balaban J connectivity index is 2.21. The first-order valence-corrected chi connectivity index (χ1v) is 5.40. The fourth-order valence-electron chi connectivity index (χ4n) is 1.42. The number of H-pyrrole nitrogens is 1. The summed E-state index contributed by atoms with van der Waals surface area (Å²) in [6.45, 7) is 1.99. The molecule has 17 heavy (non-hydrogen) atoms. The smallest absolute Gasteiger partial charge is 0.198 e. The third-order valence-corrected chi connectivity index (χ3v) is 2.61. The molecule has 2 aromatic rings. The van der Waals surface area contributed by atoms with Crippen LogP contribution in [-0.4, -0.2) is 27.3 Å². The van der Waals surface area contributed by atoms with Crippen molar-refractivity contribution in [3.05, 3.63) is 29.4 Å². The number of anilines is 1. The van der Waals surface area contributed by atoms with Gasteiger partial charge in [-0.2, -0.15) is 5.10 Å². The summed E-state index contributed by atoms with van der Waals surface area (Å²) in [5.74, 6) is 0.991. The molecule has 0 spiro atoms. The van der Waals surface area contributed by atoms with E-state index in [0.29, 0.717) is 11.6 Å². The summed E-state index contributed by atoms with van der Waals surface area (Å²) in [5.41, 5.74) is 1.02. The van der Waals surface area contributed by atoms with Gasteiger partial charge < -0.3 is 10.1 Å². The molecular formula is C10H12ClN5O. The van der Waals surface area contributed by atoms with Crippen molar-refractivity contribution in [2.75, 3.05) is 12.4 Å². The fourth-order valence-corrected chi connectivity index (χ4v) is 1.63. The zero-order valence-corrected chi connectivity index (χ0v) is 10.2.